The zero-order chi connectivity index (χ0) is 17.7. The molecule has 0 aliphatic heterocycles. The van der Waals surface area contributed by atoms with Gasteiger partial charge >= 0.3 is 5.97 Å². The second-order valence-electron chi connectivity index (χ2n) is 5.08. The van der Waals surface area contributed by atoms with Crippen molar-refractivity contribution in [2.24, 2.45) is 0 Å². The molecular formula is C18H16Cl2O4. The van der Waals surface area contributed by atoms with Crippen molar-refractivity contribution in [3.8, 4) is 5.75 Å². The van der Waals surface area contributed by atoms with Crippen molar-refractivity contribution in [1.29, 1.82) is 0 Å². The maximum absolute atomic E-state index is 12.4. The van der Waals surface area contributed by atoms with Crippen molar-refractivity contribution in [2.75, 3.05) is 14.2 Å². The number of aryl methyl sites for hydroxylation is 1. The quantitative estimate of drug-likeness (QED) is 0.553. The van der Waals surface area contributed by atoms with Gasteiger partial charge in [0.15, 0.2) is 5.78 Å². The Morgan fingerprint density at radius 2 is 1.71 bits per heavy atom. The molecule has 0 saturated carbocycles. The fraction of sp³-hybridized carbons (Fsp3) is 0.222. The molecule has 0 unspecified atom stereocenters. The SMILES string of the molecule is COC(=O)c1c(Cl)cc(C(=O)CCc2cccc(OC)c2)cc1Cl. The summed E-state index contributed by atoms with van der Waals surface area (Å²) in [6.07, 6.45) is 0.849. The molecule has 0 radical (unpaired) electrons. The van der Waals surface area contributed by atoms with Crippen LogP contribution in [0.2, 0.25) is 10.0 Å². The Labute approximate surface area is 150 Å². The topological polar surface area (TPSA) is 52.6 Å². The third-order valence-electron chi connectivity index (χ3n) is 3.53. The summed E-state index contributed by atoms with van der Waals surface area (Å²) in [5, 5.41) is 0.193. The second-order valence-corrected chi connectivity index (χ2v) is 5.90. The highest BCUT2D eigenvalue weighted by Crippen LogP contribution is 2.28. The molecule has 0 amide bonds. The van der Waals surface area contributed by atoms with Gasteiger partial charge in [0, 0.05) is 12.0 Å². The standard InChI is InChI=1S/C18H16Cl2O4/c1-23-13-5-3-4-11(8-13)6-7-16(21)12-9-14(19)17(15(20)10-12)18(22)24-2/h3-5,8-10H,6-7H2,1-2H3. The Morgan fingerprint density at radius 1 is 1.04 bits per heavy atom. The lowest BCUT2D eigenvalue weighted by molar-refractivity contribution is 0.0600. The number of Topliss-reactive ketones (excluding diaryl/α,β-unsaturated/α-hetero) is 1. The lowest BCUT2D eigenvalue weighted by atomic mass is 10.0. The minimum Gasteiger partial charge on any atom is -0.497 e. The third-order valence-corrected chi connectivity index (χ3v) is 4.12. The number of carbonyl (C=O) groups is 2. The molecule has 0 spiro atoms. The van der Waals surface area contributed by atoms with Crippen LogP contribution >= 0.6 is 23.2 Å². The number of hydrogen-bond acceptors (Lipinski definition) is 4. The third kappa shape index (κ3) is 4.28. The van der Waals surface area contributed by atoms with Gasteiger partial charge < -0.3 is 9.47 Å². The molecule has 6 heteroatoms. The van der Waals surface area contributed by atoms with Gasteiger partial charge in [-0.25, -0.2) is 4.79 Å². The molecule has 0 aromatic heterocycles. The lowest BCUT2D eigenvalue weighted by Gasteiger charge is -2.08. The van der Waals surface area contributed by atoms with Crippen LogP contribution in [0.5, 0.6) is 5.75 Å². The number of hydrogen-bond donors (Lipinski definition) is 0. The van der Waals surface area contributed by atoms with E-state index >= 15 is 0 Å². The maximum Gasteiger partial charge on any atom is 0.340 e. The van der Waals surface area contributed by atoms with Gasteiger partial charge in [-0.15, -0.1) is 0 Å². The first-order valence-corrected chi connectivity index (χ1v) is 7.95. The first-order chi connectivity index (χ1) is 11.5. The largest absolute Gasteiger partial charge is 0.497 e. The Balaban J connectivity index is 2.14. The molecule has 0 bridgehead atoms. The Morgan fingerprint density at radius 3 is 2.29 bits per heavy atom. The number of methoxy groups -OCH3 is 2. The van der Waals surface area contributed by atoms with Crippen LogP contribution in [0.4, 0.5) is 0 Å². The zero-order valence-electron chi connectivity index (χ0n) is 13.3. The number of rotatable bonds is 6. The molecule has 2 aromatic rings. The van der Waals surface area contributed by atoms with E-state index in [1.807, 2.05) is 24.3 Å². The highest BCUT2D eigenvalue weighted by Gasteiger charge is 2.18. The van der Waals surface area contributed by atoms with E-state index in [1.165, 1.54) is 19.2 Å². The number of carbonyl (C=O) groups excluding carboxylic acids is 2. The summed E-state index contributed by atoms with van der Waals surface area (Å²) in [7, 11) is 2.83. The first-order valence-electron chi connectivity index (χ1n) is 7.19. The van der Waals surface area contributed by atoms with E-state index in [-0.39, 0.29) is 27.8 Å². The van der Waals surface area contributed by atoms with E-state index in [0.717, 1.165) is 11.3 Å². The summed E-state index contributed by atoms with van der Waals surface area (Å²) in [5.41, 5.74) is 1.41. The van der Waals surface area contributed by atoms with Crippen LogP contribution in [0.15, 0.2) is 36.4 Å². The first kappa shape index (κ1) is 18.3. The van der Waals surface area contributed by atoms with Gasteiger partial charge in [-0.2, -0.15) is 0 Å². The molecule has 2 aromatic carbocycles. The van der Waals surface area contributed by atoms with Crippen molar-refractivity contribution in [1.82, 2.24) is 0 Å². The van der Waals surface area contributed by atoms with Crippen LogP contribution in [-0.2, 0) is 11.2 Å². The molecule has 4 nitrogen and oxygen atoms in total. The fourth-order valence-electron chi connectivity index (χ4n) is 2.26. The van der Waals surface area contributed by atoms with Gasteiger partial charge in [0.2, 0.25) is 0 Å². The van der Waals surface area contributed by atoms with Crippen molar-refractivity contribution >= 4 is 35.0 Å². The van der Waals surface area contributed by atoms with Crippen molar-refractivity contribution in [2.45, 2.75) is 12.8 Å². The molecule has 0 N–H and O–H groups in total. The number of esters is 1. The summed E-state index contributed by atoms with van der Waals surface area (Å²) < 4.78 is 9.78. The van der Waals surface area contributed by atoms with Crippen LogP contribution in [-0.4, -0.2) is 26.0 Å². The van der Waals surface area contributed by atoms with Crippen molar-refractivity contribution in [3.05, 3.63) is 63.1 Å². The van der Waals surface area contributed by atoms with E-state index in [2.05, 4.69) is 4.74 Å². The molecule has 0 saturated heterocycles. The molecule has 0 atom stereocenters. The van der Waals surface area contributed by atoms with Gasteiger partial charge in [-0.3, -0.25) is 4.79 Å². The minimum absolute atomic E-state index is 0.0604. The van der Waals surface area contributed by atoms with E-state index in [0.29, 0.717) is 12.0 Å². The van der Waals surface area contributed by atoms with E-state index < -0.39 is 5.97 Å². The van der Waals surface area contributed by atoms with Crippen molar-refractivity contribution < 1.29 is 19.1 Å². The van der Waals surface area contributed by atoms with Gasteiger partial charge in [0.05, 0.1) is 29.8 Å². The molecule has 0 aliphatic rings. The molecule has 0 fully saturated rings. The summed E-state index contributed by atoms with van der Waals surface area (Å²) >= 11 is 12.1. The van der Waals surface area contributed by atoms with Gasteiger partial charge in [-0.05, 0) is 36.2 Å². The van der Waals surface area contributed by atoms with E-state index in [4.69, 9.17) is 27.9 Å². The number of benzene rings is 2. The molecule has 2 rings (SSSR count). The van der Waals surface area contributed by atoms with Gasteiger partial charge in [0.25, 0.3) is 0 Å². The fourth-order valence-corrected chi connectivity index (χ4v) is 2.90. The van der Waals surface area contributed by atoms with Gasteiger partial charge in [0.1, 0.15) is 5.75 Å². The minimum atomic E-state index is -0.639. The summed E-state index contributed by atoms with van der Waals surface area (Å²) in [6.45, 7) is 0. The second kappa shape index (κ2) is 8.18. The molecular weight excluding hydrogens is 351 g/mol. The molecule has 0 aliphatic carbocycles. The summed E-state index contributed by atoms with van der Waals surface area (Å²) in [6, 6.07) is 10.4. The Bertz CT molecular complexity index is 748. The Kier molecular flexibility index (Phi) is 6.23. The lowest BCUT2D eigenvalue weighted by Crippen LogP contribution is -2.07. The van der Waals surface area contributed by atoms with Crippen LogP contribution in [0.1, 0.15) is 32.7 Å². The predicted molar refractivity (Wildman–Crippen MR) is 93.4 cm³/mol. The highest BCUT2D eigenvalue weighted by molar-refractivity contribution is 6.39. The monoisotopic (exact) mass is 366 g/mol. The van der Waals surface area contributed by atoms with Crippen LogP contribution in [0, 0.1) is 0 Å². The van der Waals surface area contributed by atoms with Gasteiger partial charge in [-0.1, -0.05) is 35.3 Å². The van der Waals surface area contributed by atoms with Crippen molar-refractivity contribution in [3.63, 3.8) is 0 Å². The average molecular weight is 367 g/mol. The molecule has 24 heavy (non-hydrogen) atoms. The smallest absolute Gasteiger partial charge is 0.340 e. The summed E-state index contributed by atoms with van der Waals surface area (Å²) in [4.78, 5) is 24.0. The number of ketones is 1. The average Bonchev–Trinajstić information content (AvgIpc) is 2.58. The maximum atomic E-state index is 12.4. The van der Waals surface area contributed by atoms with E-state index in [9.17, 15) is 9.59 Å². The van der Waals surface area contributed by atoms with Crippen LogP contribution in [0.3, 0.4) is 0 Å². The Hall–Kier alpha value is -2.04. The van der Waals surface area contributed by atoms with Crippen LogP contribution in [0.25, 0.3) is 0 Å². The normalized spacial score (nSPS) is 10.3. The highest BCUT2D eigenvalue weighted by atomic mass is 35.5. The number of ether oxygens (including phenoxy) is 2. The van der Waals surface area contributed by atoms with E-state index in [1.54, 1.807) is 7.11 Å². The summed E-state index contributed by atoms with van der Waals surface area (Å²) in [5.74, 6) is -0.00751. The zero-order valence-corrected chi connectivity index (χ0v) is 14.8. The molecule has 0 heterocycles. The van der Waals surface area contributed by atoms with Crippen LogP contribution < -0.4 is 4.74 Å². The number of halogens is 2. The molecule has 126 valence electrons. The predicted octanol–water partition coefficient (Wildman–Crippen LogP) is 4.60.